The lowest BCUT2D eigenvalue weighted by Gasteiger charge is -2.36. The molecule has 2 amide bonds. The van der Waals surface area contributed by atoms with Gasteiger partial charge in [-0.1, -0.05) is 24.8 Å². The molecule has 162 valence electrons. The smallest absolute Gasteiger partial charge is 0.329 e. The monoisotopic (exact) mass is 422 g/mol. The summed E-state index contributed by atoms with van der Waals surface area (Å²) in [7, 11) is 1.63. The molecule has 1 heterocycles. The zero-order valence-electron chi connectivity index (χ0n) is 17.5. The van der Waals surface area contributed by atoms with Gasteiger partial charge >= 0.3 is 11.8 Å². The number of piperazine rings is 1. The third-order valence-electron chi connectivity index (χ3n) is 4.81. The molecule has 0 bridgehead atoms. The fraction of sp³-hybridized carbons (Fsp3) is 0.261. The minimum Gasteiger partial charge on any atom is -0.495 e. The van der Waals surface area contributed by atoms with Crippen molar-refractivity contribution in [2.45, 2.75) is 0 Å². The summed E-state index contributed by atoms with van der Waals surface area (Å²) in [6.07, 6.45) is 3.14. The van der Waals surface area contributed by atoms with E-state index in [2.05, 4.69) is 22.0 Å². The van der Waals surface area contributed by atoms with Crippen molar-refractivity contribution in [3.8, 4) is 11.5 Å². The number of hydrazone groups is 1. The normalized spacial score (nSPS) is 13.7. The largest absolute Gasteiger partial charge is 0.495 e. The molecule has 2 aromatic rings. The van der Waals surface area contributed by atoms with Crippen LogP contribution in [0.15, 0.2) is 66.3 Å². The molecule has 2 aromatic carbocycles. The summed E-state index contributed by atoms with van der Waals surface area (Å²) in [5.74, 6) is 0.149. The molecule has 0 spiro atoms. The van der Waals surface area contributed by atoms with Crippen molar-refractivity contribution >= 4 is 23.7 Å². The van der Waals surface area contributed by atoms with Crippen LogP contribution in [0.5, 0.6) is 11.5 Å². The summed E-state index contributed by atoms with van der Waals surface area (Å²) in [5, 5.41) is 3.88. The van der Waals surface area contributed by atoms with E-state index in [4.69, 9.17) is 9.47 Å². The number of nitrogens with zero attached hydrogens (tertiary/aromatic N) is 3. The van der Waals surface area contributed by atoms with Crippen molar-refractivity contribution in [1.82, 2.24) is 10.3 Å². The van der Waals surface area contributed by atoms with E-state index in [0.29, 0.717) is 38.5 Å². The summed E-state index contributed by atoms with van der Waals surface area (Å²) in [6, 6.07) is 14.9. The Morgan fingerprint density at radius 3 is 2.48 bits per heavy atom. The maximum absolute atomic E-state index is 12.4. The Morgan fingerprint density at radius 1 is 1.10 bits per heavy atom. The molecule has 0 aromatic heterocycles. The topological polar surface area (TPSA) is 83.5 Å². The summed E-state index contributed by atoms with van der Waals surface area (Å²) in [5.41, 5.74) is 4.05. The SMILES string of the molecule is C=CCOc1ccc(/C=N\NC(=O)C(=O)N2CCN(c3ccccc3OC)CC2)cc1. The molecule has 1 saturated heterocycles. The molecule has 0 radical (unpaired) electrons. The second-order valence-corrected chi connectivity index (χ2v) is 6.82. The van der Waals surface area contributed by atoms with Crippen LogP contribution in [-0.4, -0.2) is 62.8 Å². The van der Waals surface area contributed by atoms with Crippen LogP contribution in [-0.2, 0) is 9.59 Å². The number of carbonyl (C=O) groups is 2. The summed E-state index contributed by atoms with van der Waals surface area (Å²) in [6.45, 7) is 6.14. The van der Waals surface area contributed by atoms with Crippen molar-refractivity contribution in [1.29, 1.82) is 0 Å². The van der Waals surface area contributed by atoms with Gasteiger partial charge in [-0.15, -0.1) is 0 Å². The Balaban J connectivity index is 1.48. The number of hydrogen-bond donors (Lipinski definition) is 1. The van der Waals surface area contributed by atoms with Crippen molar-refractivity contribution in [2.75, 3.05) is 44.8 Å². The van der Waals surface area contributed by atoms with Gasteiger partial charge in [0.25, 0.3) is 0 Å². The molecule has 31 heavy (non-hydrogen) atoms. The van der Waals surface area contributed by atoms with Crippen LogP contribution in [0.2, 0.25) is 0 Å². The zero-order chi connectivity index (χ0) is 22.1. The minimum absolute atomic E-state index is 0.429. The van der Waals surface area contributed by atoms with Crippen LogP contribution < -0.4 is 19.8 Å². The molecule has 1 aliphatic rings. The van der Waals surface area contributed by atoms with E-state index in [-0.39, 0.29) is 0 Å². The number of methoxy groups -OCH3 is 1. The molecular formula is C23H26N4O4. The molecule has 1 N–H and O–H groups in total. The van der Waals surface area contributed by atoms with Gasteiger partial charge in [-0.25, -0.2) is 5.43 Å². The Labute approximate surface area is 181 Å². The lowest BCUT2D eigenvalue weighted by molar-refractivity contribution is -0.146. The summed E-state index contributed by atoms with van der Waals surface area (Å²) < 4.78 is 10.8. The van der Waals surface area contributed by atoms with E-state index in [1.807, 2.05) is 24.3 Å². The number of benzene rings is 2. The lowest BCUT2D eigenvalue weighted by atomic mass is 10.2. The maximum Gasteiger partial charge on any atom is 0.329 e. The van der Waals surface area contributed by atoms with Crippen LogP contribution in [0.1, 0.15) is 5.56 Å². The van der Waals surface area contributed by atoms with Crippen molar-refractivity contribution < 1.29 is 19.1 Å². The Morgan fingerprint density at radius 2 is 1.81 bits per heavy atom. The number of rotatable bonds is 7. The number of para-hydroxylation sites is 2. The van der Waals surface area contributed by atoms with E-state index in [0.717, 1.165) is 17.0 Å². The van der Waals surface area contributed by atoms with Gasteiger partial charge in [-0.2, -0.15) is 5.10 Å². The van der Waals surface area contributed by atoms with Gasteiger partial charge in [0.15, 0.2) is 0 Å². The van der Waals surface area contributed by atoms with Crippen molar-refractivity contribution in [3.05, 3.63) is 66.7 Å². The number of nitrogens with one attached hydrogen (secondary N) is 1. The predicted molar refractivity (Wildman–Crippen MR) is 120 cm³/mol. The molecule has 8 heteroatoms. The Kier molecular flexibility index (Phi) is 7.64. The Hall–Kier alpha value is -3.81. The fourth-order valence-corrected chi connectivity index (χ4v) is 3.20. The average molecular weight is 422 g/mol. The number of anilines is 1. The molecule has 0 atom stereocenters. The van der Waals surface area contributed by atoms with Gasteiger partial charge in [0.2, 0.25) is 0 Å². The molecule has 0 aliphatic carbocycles. The minimum atomic E-state index is -0.757. The van der Waals surface area contributed by atoms with Gasteiger partial charge in [-0.05, 0) is 42.0 Å². The second kappa shape index (κ2) is 10.8. The summed E-state index contributed by atoms with van der Waals surface area (Å²) in [4.78, 5) is 28.3. The molecule has 1 aliphatic heterocycles. The molecular weight excluding hydrogens is 396 g/mol. The van der Waals surface area contributed by atoms with Gasteiger partial charge in [-0.3, -0.25) is 9.59 Å². The first-order valence-corrected chi connectivity index (χ1v) is 9.96. The standard InChI is InChI=1S/C23H26N4O4/c1-3-16-31-19-10-8-18(9-11-19)17-24-25-22(28)23(29)27-14-12-26(13-15-27)20-6-4-5-7-21(20)30-2/h3-11,17H,1,12-16H2,2H3,(H,25,28)/b24-17-. The second-order valence-electron chi connectivity index (χ2n) is 6.82. The highest BCUT2D eigenvalue weighted by molar-refractivity contribution is 6.35. The number of amides is 2. The molecule has 8 nitrogen and oxygen atoms in total. The van der Waals surface area contributed by atoms with Crippen LogP contribution in [0.25, 0.3) is 0 Å². The van der Waals surface area contributed by atoms with Crippen LogP contribution in [0.3, 0.4) is 0 Å². The highest BCUT2D eigenvalue weighted by Gasteiger charge is 2.26. The predicted octanol–water partition coefficient (Wildman–Crippen LogP) is 2.06. The highest BCUT2D eigenvalue weighted by atomic mass is 16.5. The maximum atomic E-state index is 12.4. The summed E-state index contributed by atoms with van der Waals surface area (Å²) >= 11 is 0. The third-order valence-corrected chi connectivity index (χ3v) is 4.81. The third kappa shape index (κ3) is 5.85. The zero-order valence-corrected chi connectivity index (χ0v) is 17.5. The van der Waals surface area contributed by atoms with E-state index in [9.17, 15) is 9.59 Å². The number of hydrogen-bond acceptors (Lipinski definition) is 6. The van der Waals surface area contributed by atoms with E-state index < -0.39 is 11.8 Å². The van der Waals surface area contributed by atoms with Gasteiger partial charge in [0.1, 0.15) is 18.1 Å². The molecule has 1 fully saturated rings. The number of carbonyl (C=O) groups excluding carboxylic acids is 2. The van der Waals surface area contributed by atoms with Crippen LogP contribution in [0.4, 0.5) is 5.69 Å². The quantitative estimate of drug-likeness (QED) is 0.320. The first-order chi connectivity index (χ1) is 15.1. The Bertz CT molecular complexity index is 935. The fourth-order valence-electron chi connectivity index (χ4n) is 3.20. The van der Waals surface area contributed by atoms with Crippen LogP contribution >= 0.6 is 0 Å². The molecule has 0 unspecified atom stereocenters. The molecule has 3 rings (SSSR count). The van der Waals surface area contributed by atoms with Gasteiger partial charge < -0.3 is 19.3 Å². The van der Waals surface area contributed by atoms with Crippen molar-refractivity contribution in [3.63, 3.8) is 0 Å². The van der Waals surface area contributed by atoms with Gasteiger partial charge in [0, 0.05) is 26.2 Å². The first kappa shape index (κ1) is 21.9. The molecule has 0 saturated carbocycles. The first-order valence-electron chi connectivity index (χ1n) is 9.96. The van der Waals surface area contributed by atoms with Crippen molar-refractivity contribution in [2.24, 2.45) is 5.10 Å². The van der Waals surface area contributed by atoms with E-state index >= 15 is 0 Å². The van der Waals surface area contributed by atoms with Gasteiger partial charge in [0.05, 0.1) is 19.0 Å². The number of ether oxygens (including phenoxy) is 2. The van der Waals surface area contributed by atoms with E-state index in [1.54, 1.807) is 37.5 Å². The highest BCUT2D eigenvalue weighted by Crippen LogP contribution is 2.28. The average Bonchev–Trinajstić information content (AvgIpc) is 2.83. The van der Waals surface area contributed by atoms with E-state index in [1.165, 1.54) is 11.1 Å². The van der Waals surface area contributed by atoms with Crippen LogP contribution in [0, 0.1) is 0 Å². The lowest BCUT2D eigenvalue weighted by Crippen LogP contribution is -2.52.